The van der Waals surface area contributed by atoms with Gasteiger partial charge >= 0.3 is 11.9 Å². The second kappa shape index (κ2) is 18.9. The highest BCUT2D eigenvalue weighted by atomic mass is 19.2. The zero-order valence-corrected chi connectivity index (χ0v) is 20.7. The van der Waals surface area contributed by atoms with Gasteiger partial charge in [0.15, 0.2) is 0 Å². The van der Waals surface area contributed by atoms with Crippen molar-refractivity contribution < 1.29 is 50.5 Å². The Balaban J connectivity index is 2.00. The van der Waals surface area contributed by atoms with E-state index in [1.54, 1.807) is 0 Å². The van der Waals surface area contributed by atoms with Gasteiger partial charge in [0.1, 0.15) is 6.61 Å². The minimum absolute atomic E-state index is 0.0577. The van der Waals surface area contributed by atoms with E-state index < -0.39 is 47.2 Å². The number of esters is 2. The summed E-state index contributed by atoms with van der Waals surface area (Å²) in [5.41, 5.74) is 0. The summed E-state index contributed by atoms with van der Waals surface area (Å²) >= 11 is 0. The number of halogens is 5. The normalized spacial score (nSPS) is 11.1. The highest BCUT2D eigenvalue weighted by Crippen LogP contribution is 2.29. The van der Waals surface area contributed by atoms with E-state index in [1.165, 1.54) is 38.5 Å². The van der Waals surface area contributed by atoms with Crippen LogP contribution in [0.3, 0.4) is 0 Å². The van der Waals surface area contributed by atoms with E-state index in [0.29, 0.717) is 6.42 Å². The SMILES string of the molecule is CCCCCCCCCCCC(=O)OCCOCCOCCC(=O)Oc1c(F)c(F)c(F)c(F)c1F. The predicted octanol–water partition coefficient (Wildman–Crippen LogP) is 6.17. The Bertz CT molecular complexity index is 777. The second-order valence-corrected chi connectivity index (χ2v) is 8.15. The fourth-order valence-corrected chi connectivity index (χ4v) is 3.18. The maximum atomic E-state index is 13.5. The van der Waals surface area contributed by atoms with Crippen LogP contribution in [0.2, 0.25) is 0 Å². The van der Waals surface area contributed by atoms with Crippen LogP contribution in [0.15, 0.2) is 0 Å². The summed E-state index contributed by atoms with van der Waals surface area (Å²) in [7, 11) is 0. The summed E-state index contributed by atoms with van der Waals surface area (Å²) < 4.78 is 85.7. The van der Waals surface area contributed by atoms with Gasteiger partial charge in [0, 0.05) is 6.42 Å². The van der Waals surface area contributed by atoms with Crippen molar-refractivity contribution in [1.82, 2.24) is 0 Å². The van der Waals surface area contributed by atoms with Gasteiger partial charge in [-0.25, -0.2) is 13.2 Å². The van der Waals surface area contributed by atoms with Crippen molar-refractivity contribution in [1.29, 1.82) is 0 Å². The van der Waals surface area contributed by atoms with Crippen LogP contribution in [0.4, 0.5) is 22.0 Å². The molecule has 0 aliphatic rings. The second-order valence-electron chi connectivity index (χ2n) is 8.15. The average molecular weight is 527 g/mol. The molecule has 6 nitrogen and oxygen atoms in total. The van der Waals surface area contributed by atoms with Crippen molar-refractivity contribution in [2.45, 2.75) is 77.6 Å². The lowest BCUT2D eigenvalue weighted by molar-refractivity contribution is -0.145. The Labute approximate surface area is 208 Å². The van der Waals surface area contributed by atoms with Crippen LogP contribution in [0, 0.1) is 29.1 Å². The zero-order valence-electron chi connectivity index (χ0n) is 20.7. The molecule has 0 unspecified atom stereocenters. The Hall–Kier alpha value is -2.27. The molecule has 36 heavy (non-hydrogen) atoms. The molecular formula is C25H35F5O6. The first-order valence-electron chi connectivity index (χ1n) is 12.3. The van der Waals surface area contributed by atoms with Crippen LogP contribution in [-0.2, 0) is 23.8 Å². The maximum absolute atomic E-state index is 13.5. The zero-order chi connectivity index (χ0) is 26.8. The summed E-state index contributed by atoms with van der Waals surface area (Å²) in [6.07, 6.45) is 10.4. The van der Waals surface area contributed by atoms with Gasteiger partial charge in [0.2, 0.25) is 34.8 Å². The van der Waals surface area contributed by atoms with Crippen LogP contribution < -0.4 is 4.74 Å². The van der Waals surface area contributed by atoms with Crippen LogP contribution in [0.25, 0.3) is 0 Å². The molecule has 0 amide bonds. The molecule has 0 aliphatic carbocycles. The van der Waals surface area contributed by atoms with Gasteiger partial charge in [0.25, 0.3) is 0 Å². The quantitative estimate of drug-likeness (QED) is 0.0505. The number of unbranched alkanes of at least 4 members (excludes halogenated alkanes) is 8. The minimum Gasteiger partial charge on any atom is -0.463 e. The van der Waals surface area contributed by atoms with Gasteiger partial charge in [-0.1, -0.05) is 58.3 Å². The van der Waals surface area contributed by atoms with E-state index in [4.69, 9.17) is 14.2 Å². The molecule has 0 saturated heterocycles. The molecule has 0 spiro atoms. The van der Waals surface area contributed by atoms with Crippen molar-refractivity contribution in [2.24, 2.45) is 0 Å². The van der Waals surface area contributed by atoms with E-state index in [9.17, 15) is 31.5 Å². The maximum Gasteiger partial charge on any atom is 0.313 e. The fraction of sp³-hybridized carbons (Fsp3) is 0.680. The molecule has 0 atom stereocenters. The van der Waals surface area contributed by atoms with E-state index in [0.717, 1.165) is 19.3 Å². The number of hydrogen-bond donors (Lipinski definition) is 0. The first kappa shape index (κ1) is 31.8. The third-order valence-corrected chi connectivity index (χ3v) is 5.18. The lowest BCUT2D eigenvalue weighted by Gasteiger charge is -2.09. The summed E-state index contributed by atoms with van der Waals surface area (Å²) in [5, 5.41) is 0. The van der Waals surface area contributed by atoms with Gasteiger partial charge in [-0.05, 0) is 6.42 Å². The lowest BCUT2D eigenvalue weighted by Crippen LogP contribution is -2.16. The van der Waals surface area contributed by atoms with E-state index in [-0.39, 0.29) is 39.0 Å². The summed E-state index contributed by atoms with van der Waals surface area (Å²) in [4.78, 5) is 23.2. The van der Waals surface area contributed by atoms with Gasteiger partial charge in [-0.3, -0.25) is 9.59 Å². The molecule has 0 heterocycles. The number of carbonyl (C=O) groups excluding carboxylic acids is 2. The van der Waals surface area contributed by atoms with Gasteiger partial charge in [-0.2, -0.15) is 8.78 Å². The van der Waals surface area contributed by atoms with Crippen molar-refractivity contribution >= 4 is 11.9 Å². The molecule has 0 saturated carbocycles. The first-order valence-corrected chi connectivity index (χ1v) is 12.3. The first-order chi connectivity index (χ1) is 17.3. The van der Waals surface area contributed by atoms with Crippen molar-refractivity contribution in [3.8, 4) is 5.75 Å². The Morgan fingerprint density at radius 3 is 1.61 bits per heavy atom. The molecular weight excluding hydrogens is 491 g/mol. The predicted molar refractivity (Wildman–Crippen MR) is 121 cm³/mol. The van der Waals surface area contributed by atoms with E-state index in [2.05, 4.69) is 11.7 Å². The lowest BCUT2D eigenvalue weighted by atomic mass is 10.1. The summed E-state index contributed by atoms with van der Waals surface area (Å²) in [6.45, 7) is 2.41. The summed E-state index contributed by atoms with van der Waals surface area (Å²) in [5.74, 6) is -14.4. The highest BCUT2D eigenvalue weighted by Gasteiger charge is 2.28. The standard InChI is InChI=1S/C25H35F5O6/c1-2-3-4-5-6-7-8-9-10-11-18(31)35-17-16-34-15-14-33-13-12-19(32)36-25-23(29)21(27)20(26)22(28)24(25)30/h2-17H2,1H3. The molecule has 206 valence electrons. The molecule has 0 fully saturated rings. The van der Waals surface area contributed by atoms with Crippen LogP contribution in [0.1, 0.15) is 77.6 Å². The van der Waals surface area contributed by atoms with E-state index >= 15 is 0 Å². The van der Waals surface area contributed by atoms with Crippen molar-refractivity contribution in [2.75, 3.05) is 33.0 Å². The molecule has 0 aromatic heterocycles. The van der Waals surface area contributed by atoms with Gasteiger partial charge in [0.05, 0.1) is 32.8 Å². The Morgan fingerprint density at radius 2 is 1.03 bits per heavy atom. The molecule has 1 aromatic rings. The molecule has 1 rings (SSSR count). The summed E-state index contributed by atoms with van der Waals surface area (Å²) in [6, 6.07) is 0. The smallest absolute Gasteiger partial charge is 0.313 e. The number of carbonyl (C=O) groups is 2. The highest BCUT2D eigenvalue weighted by molar-refractivity contribution is 5.72. The van der Waals surface area contributed by atoms with Crippen LogP contribution in [-0.4, -0.2) is 45.0 Å². The Morgan fingerprint density at radius 1 is 0.556 bits per heavy atom. The molecule has 0 radical (unpaired) electrons. The fourth-order valence-electron chi connectivity index (χ4n) is 3.18. The molecule has 0 bridgehead atoms. The molecule has 0 N–H and O–H groups in total. The molecule has 1 aromatic carbocycles. The van der Waals surface area contributed by atoms with Crippen molar-refractivity contribution in [3.05, 3.63) is 29.1 Å². The van der Waals surface area contributed by atoms with Crippen LogP contribution in [0.5, 0.6) is 5.75 Å². The van der Waals surface area contributed by atoms with Crippen molar-refractivity contribution in [3.63, 3.8) is 0 Å². The number of hydrogen-bond acceptors (Lipinski definition) is 6. The number of rotatable bonds is 20. The Kier molecular flexibility index (Phi) is 16.7. The van der Waals surface area contributed by atoms with Gasteiger partial charge in [-0.15, -0.1) is 0 Å². The molecule has 0 aliphatic heterocycles. The third-order valence-electron chi connectivity index (χ3n) is 5.18. The molecule has 11 heteroatoms. The third kappa shape index (κ3) is 12.6. The minimum atomic E-state index is -2.35. The largest absolute Gasteiger partial charge is 0.463 e. The number of benzene rings is 1. The number of ether oxygens (including phenoxy) is 4. The average Bonchev–Trinajstić information content (AvgIpc) is 2.86. The monoisotopic (exact) mass is 526 g/mol. The topological polar surface area (TPSA) is 71.1 Å². The van der Waals surface area contributed by atoms with Gasteiger partial charge < -0.3 is 18.9 Å². The van der Waals surface area contributed by atoms with E-state index in [1.807, 2.05) is 0 Å². The van der Waals surface area contributed by atoms with Crippen LogP contribution >= 0.6 is 0 Å².